The topological polar surface area (TPSA) is 61.9 Å². The van der Waals surface area contributed by atoms with Crippen molar-refractivity contribution in [2.45, 2.75) is 39.7 Å². The molecule has 0 saturated carbocycles. The molecule has 5 nitrogen and oxygen atoms in total. The molecule has 1 aliphatic heterocycles. The maximum absolute atomic E-state index is 12.7. The summed E-state index contributed by atoms with van der Waals surface area (Å²) < 4.78 is 1.61. The average molecular weight is 322 g/mol. The van der Waals surface area contributed by atoms with E-state index in [1.54, 1.807) is 4.57 Å². The van der Waals surface area contributed by atoms with E-state index in [2.05, 4.69) is 40.2 Å². The van der Waals surface area contributed by atoms with Gasteiger partial charge in [-0.3, -0.25) is 9.36 Å². The number of benzene rings is 1. The lowest BCUT2D eigenvalue weighted by Gasteiger charge is -2.23. The highest BCUT2D eigenvalue weighted by Gasteiger charge is 2.21. The number of hydrogen-bond acceptors (Lipinski definition) is 4. The number of nitriles is 1. The van der Waals surface area contributed by atoms with E-state index in [-0.39, 0.29) is 11.1 Å². The van der Waals surface area contributed by atoms with Gasteiger partial charge in [-0.15, -0.1) is 0 Å². The van der Waals surface area contributed by atoms with Gasteiger partial charge in [0, 0.05) is 19.6 Å². The Bertz CT molecular complexity index is 820. The molecule has 3 rings (SSSR count). The first-order valence-corrected chi connectivity index (χ1v) is 8.49. The van der Waals surface area contributed by atoms with Gasteiger partial charge in [0.05, 0.1) is 0 Å². The summed E-state index contributed by atoms with van der Waals surface area (Å²) in [6.07, 6.45) is 2.64. The first-order chi connectivity index (χ1) is 11.7. The van der Waals surface area contributed by atoms with E-state index in [9.17, 15) is 10.1 Å². The fourth-order valence-electron chi connectivity index (χ4n) is 3.34. The van der Waals surface area contributed by atoms with Crippen molar-refractivity contribution in [1.82, 2.24) is 9.55 Å². The maximum atomic E-state index is 12.7. The Morgan fingerprint density at radius 3 is 2.38 bits per heavy atom. The van der Waals surface area contributed by atoms with Gasteiger partial charge in [0.2, 0.25) is 0 Å². The predicted octanol–water partition coefficient (Wildman–Crippen LogP) is 2.44. The molecule has 0 atom stereocenters. The molecule has 1 aliphatic rings. The third kappa shape index (κ3) is 2.92. The number of rotatable bonds is 3. The SMILES string of the molecule is CCCn1c(C)nc(N2CCc3ccccc3CC2)c(C#N)c1=O. The molecule has 0 amide bonds. The van der Waals surface area contributed by atoms with E-state index in [1.807, 2.05) is 13.8 Å². The van der Waals surface area contributed by atoms with Crippen LogP contribution in [0.4, 0.5) is 5.82 Å². The minimum Gasteiger partial charge on any atom is -0.355 e. The summed E-state index contributed by atoms with van der Waals surface area (Å²) in [6, 6.07) is 10.5. The molecule has 0 bridgehead atoms. The van der Waals surface area contributed by atoms with E-state index < -0.39 is 0 Å². The van der Waals surface area contributed by atoms with E-state index >= 15 is 0 Å². The van der Waals surface area contributed by atoms with Crippen molar-refractivity contribution < 1.29 is 0 Å². The van der Waals surface area contributed by atoms with Crippen molar-refractivity contribution in [2.75, 3.05) is 18.0 Å². The molecule has 1 aromatic heterocycles. The summed E-state index contributed by atoms with van der Waals surface area (Å²) in [5.41, 5.74) is 2.63. The number of fused-ring (bicyclic) bond motifs is 1. The number of aryl methyl sites for hydroxylation is 1. The Balaban J connectivity index is 1.99. The molecule has 0 saturated heterocycles. The molecule has 24 heavy (non-hydrogen) atoms. The van der Waals surface area contributed by atoms with Crippen molar-refractivity contribution in [1.29, 1.82) is 5.26 Å². The Hall–Kier alpha value is -2.61. The van der Waals surface area contributed by atoms with Crippen LogP contribution in [-0.4, -0.2) is 22.6 Å². The lowest BCUT2D eigenvalue weighted by atomic mass is 10.0. The van der Waals surface area contributed by atoms with Gasteiger partial charge in [0.25, 0.3) is 5.56 Å². The summed E-state index contributed by atoms with van der Waals surface area (Å²) in [5, 5.41) is 9.53. The smallest absolute Gasteiger partial charge is 0.273 e. The van der Waals surface area contributed by atoms with Gasteiger partial charge in [-0.2, -0.15) is 5.26 Å². The van der Waals surface area contributed by atoms with Crippen LogP contribution in [0.1, 0.15) is 35.9 Å². The van der Waals surface area contributed by atoms with E-state index in [0.717, 1.165) is 32.4 Å². The summed E-state index contributed by atoms with van der Waals surface area (Å²) in [4.78, 5) is 19.4. The third-order valence-electron chi connectivity index (χ3n) is 4.62. The Morgan fingerprint density at radius 2 is 1.83 bits per heavy atom. The second kappa shape index (κ2) is 6.88. The van der Waals surface area contributed by atoms with Crippen LogP contribution >= 0.6 is 0 Å². The van der Waals surface area contributed by atoms with Gasteiger partial charge in [-0.25, -0.2) is 4.98 Å². The van der Waals surface area contributed by atoms with Gasteiger partial charge in [0.15, 0.2) is 11.4 Å². The highest BCUT2D eigenvalue weighted by Crippen LogP contribution is 2.21. The second-order valence-electron chi connectivity index (χ2n) is 6.18. The molecular weight excluding hydrogens is 300 g/mol. The fourth-order valence-corrected chi connectivity index (χ4v) is 3.34. The molecule has 124 valence electrons. The fraction of sp³-hybridized carbons (Fsp3) is 0.421. The van der Waals surface area contributed by atoms with Crippen LogP contribution < -0.4 is 10.5 Å². The van der Waals surface area contributed by atoms with Crippen molar-refractivity contribution in [3.63, 3.8) is 0 Å². The van der Waals surface area contributed by atoms with Crippen LogP contribution in [0.25, 0.3) is 0 Å². The maximum Gasteiger partial charge on any atom is 0.273 e. The van der Waals surface area contributed by atoms with Crippen molar-refractivity contribution in [2.24, 2.45) is 0 Å². The quantitative estimate of drug-likeness (QED) is 0.871. The predicted molar refractivity (Wildman–Crippen MR) is 94.3 cm³/mol. The normalized spacial score (nSPS) is 14.0. The third-order valence-corrected chi connectivity index (χ3v) is 4.62. The zero-order valence-corrected chi connectivity index (χ0v) is 14.2. The molecule has 1 aromatic carbocycles. The number of aromatic nitrogens is 2. The molecule has 0 fully saturated rings. The molecule has 5 heteroatoms. The second-order valence-corrected chi connectivity index (χ2v) is 6.18. The highest BCUT2D eigenvalue weighted by atomic mass is 16.1. The highest BCUT2D eigenvalue weighted by molar-refractivity contribution is 5.54. The number of hydrogen-bond donors (Lipinski definition) is 0. The minimum absolute atomic E-state index is 0.167. The molecule has 2 aromatic rings. The summed E-state index contributed by atoms with van der Waals surface area (Å²) in [5.74, 6) is 1.22. The van der Waals surface area contributed by atoms with Gasteiger partial charge in [-0.05, 0) is 37.3 Å². The van der Waals surface area contributed by atoms with Crippen LogP contribution in [0.5, 0.6) is 0 Å². The Labute approximate surface area is 142 Å². The standard InChI is InChI=1S/C19H22N4O/c1-3-10-23-14(2)21-18(17(13-20)19(23)24)22-11-8-15-6-4-5-7-16(15)9-12-22/h4-7H,3,8-12H2,1-2H3. The zero-order valence-electron chi connectivity index (χ0n) is 14.2. The van der Waals surface area contributed by atoms with Crippen LogP contribution in [0.2, 0.25) is 0 Å². The van der Waals surface area contributed by atoms with Crippen molar-refractivity contribution in [3.05, 3.63) is 57.1 Å². The molecule has 0 aliphatic carbocycles. The number of anilines is 1. The van der Waals surface area contributed by atoms with Crippen LogP contribution in [0.15, 0.2) is 29.1 Å². The van der Waals surface area contributed by atoms with E-state index in [4.69, 9.17) is 0 Å². The minimum atomic E-state index is -0.219. The van der Waals surface area contributed by atoms with Crippen LogP contribution in [0.3, 0.4) is 0 Å². The Morgan fingerprint density at radius 1 is 1.21 bits per heavy atom. The summed E-state index contributed by atoms with van der Waals surface area (Å²) >= 11 is 0. The summed E-state index contributed by atoms with van der Waals surface area (Å²) in [6.45, 7) is 5.99. The van der Waals surface area contributed by atoms with Crippen LogP contribution in [0, 0.1) is 18.3 Å². The monoisotopic (exact) mass is 322 g/mol. The average Bonchev–Trinajstić information content (AvgIpc) is 2.81. The van der Waals surface area contributed by atoms with Crippen molar-refractivity contribution >= 4 is 5.82 Å². The van der Waals surface area contributed by atoms with E-state index in [1.165, 1.54) is 11.1 Å². The molecule has 0 unspecified atom stereocenters. The molecule has 0 radical (unpaired) electrons. The largest absolute Gasteiger partial charge is 0.355 e. The van der Waals surface area contributed by atoms with Gasteiger partial charge in [0.1, 0.15) is 11.9 Å². The van der Waals surface area contributed by atoms with Gasteiger partial charge >= 0.3 is 0 Å². The first-order valence-electron chi connectivity index (χ1n) is 8.49. The molecule has 0 N–H and O–H groups in total. The van der Waals surface area contributed by atoms with Crippen LogP contribution in [-0.2, 0) is 19.4 Å². The number of nitrogens with zero attached hydrogens (tertiary/aromatic N) is 4. The van der Waals surface area contributed by atoms with E-state index in [0.29, 0.717) is 18.2 Å². The molecule has 2 heterocycles. The molecular formula is C19H22N4O. The summed E-state index contributed by atoms with van der Waals surface area (Å²) in [7, 11) is 0. The zero-order chi connectivity index (χ0) is 17.1. The van der Waals surface area contributed by atoms with Gasteiger partial charge < -0.3 is 4.90 Å². The molecule has 0 spiro atoms. The van der Waals surface area contributed by atoms with Crippen molar-refractivity contribution in [3.8, 4) is 6.07 Å². The first kappa shape index (κ1) is 16.3. The lowest BCUT2D eigenvalue weighted by Crippen LogP contribution is -2.34. The Kier molecular flexibility index (Phi) is 4.66. The van der Waals surface area contributed by atoms with Gasteiger partial charge in [-0.1, -0.05) is 31.2 Å². The lowest BCUT2D eigenvalue weighted by molar-refractivity contribution is 0.612.